The third-order valence-electron chi connectivity index (χ3n) is 4.34. The molecule has 0 unspecified atom stereocenters. The maximum absolute atomic E-state index is 12.5. The molecule has 0 radical (unpaired) electrons. The minimum absolute atomic E-state index is 0.0397. The van der Waals surface area contributed by atoms with Crippen molar-refractivity contribution in [3.8, 4) is 17.2 Å². The molecule has 2 aromatic rings. The number of pyridine rings is 1. The Labute approximate surface area is 152 Å². The lowest BCUT2D eigenvalue weighted by Gasteiger charge is -2.16. The summed E-state index contributed by atoms with van der Waals surface area (Å²) in [7, 11) is 4.69. The van der Waals surface area contributed by atoms with Gasteiger partial charge in [-0.3, -0.25) is 4.79 Å². The molecule has 7 nitrogen and oxygen atoms in total. The highest BCUT2D eigenvalue weighted by molar-refractivity contribution is 5.95. The van der Waals surface area contributed by atoms with Crippen molar-refractivity contribution in [3.63, 3.8) is 0 Å². The van der Waals surface area contributed by atoms with Crippen LogP contribution in [-0.4, -0.2) is 50.2 Å². The van der Waals surface area contributed by atoms with Crippen LogP contribution in [0.3, 0.4) is 0 Å². The quantitative estimate of drug-likeness (QED) is 0.856. The van der Waals surface area contributed by atoms with Crippen LogP contribution in [0.25, 0.3) is 0 Å². The van der Waals surface area contributed by atoms with Crippen molar-refractivity contribution >= 4 is 17.4 Å². The third-order valence-corrected chi connectivity index (χ3v) is 4.34. The van der Waals surface area contributed by atoms with Crippen LogP contribution in [0.5, 0.6) is 17.2 Å². The number of ether oxygens (including phenoxy) is 3. The summed E-state index contributed by atoms with van der Waals surface area (Å²) in [6.45, 7) is 1.63. The highest BCUT2D eigenvalue weighted by atomic mass is 16.5. The van der Waals surface area contributed by atoms with Crippen molar-refractivity contribution in [2.75, 3.05) is 39.7 Å². The molecule has 1 saturated heterocycles. The number of likely N-dealkylation sites (tertiary alicyclic amines) is 1. The van der Waals surface area contributed by atoms with Crippen molar-refractivity contribution in [1.82, 2.24) is 9.88 Å². The maximum atomic E-state index is 12.5. The Balaban J connectivity index is 1.85. The van der Waals surface area contributed by atoms with Crippen LogP contribution >= 0.6 is 0 Å². The molecule has 1 aromatic carbocycles. The first-order valence-corrected chi connectivity index (χ1v) is 8.48. The maximum Gasteiger partial charge on any atom is 0.254 e. The first-order valence-electron chi connectivity index (χ1n) is 8.48. The van der Waals surface area contributed by atoms with E-state index < -0.39 is 0 Å². The molecule has 2 heterocycles. The van der Waals surface area contributed by atoms with Crippen molar-refractivity contribution in [2.45, 2.75) is 12.8 Å². The van der Waals surface area contributed by atoms with E-state index in [0.29, 0.717) is 28.6 Å². The van der Waals surface area contributed by atoms with Gasteiger partial charge < -0.3 is 24.4 Å². The smallest absolute Gasteiger partial charge is 0.254 e. The van der Waals surface area contributed by atoms with Crippen LogP contribution in [-0.2, 0) is 0 Å². The van der Waals surface area contributed by atoms with Gasteiger partial charge in [0.15, 0.2) is 11.5 Å². The van der Waals surface area contributed by atoms with Gasteiger partial charge in [0.25, 0.3) is 5.91 Å². The third kappa shape index (κ3) is 3.66. The lowest BCUT2D eigenvalue weighted by Crippen LogP contribution is -2.27. The van der Waals surface area contributed by atoms with Gasteiger partial charge in [-0.1, -0.05) is 0 Å². The molecular weight excluding hydrogens is 334 g/mol. The van der Waals surface area contributed by atoms with Crippen LogP contribution in [0.4, 0.5) is 11.5 Å². The molecule has 0 saturated carbocycles. The summed E-state index contributed by atoms with van der Waals surface area (Å²) in [5.41, 5.74) is 1.34. The molecule has 3 rings (SSSR count). The molecule has 1 aliphatic rings. The average molecular weight is 357 g/mol. The summed E-state index contributed by atoms with van der Waals surface area (Å²) in [5, 5.41) is 3.19. The Hall–Kier alpha value is -2.96. The highest BCUT2D eigenvalue weighted by Gasteiger charge is 2.20. The van der Waals surface area contributed by atoms with Gasteiger partial charge >= 0.3 is 0 Å². The van der Waals surface area contributed by atoms with E-state index in [4.69, 9.17) is 14.2 Å². The largest absolute Gasteiger partial charge is 0.493 e. The molecule has 138 valence electrons. The van der Waals surface area contributed by atoms with Crippen molar-refractivity contribution in [2.24, 2.45) is 0 Å². The number of benzene rings is 1. The topological polar surface area (TPSA) is 72.9 Å². The van der Waals surface area contributed by atoms with Crippen molar-refractivity contribution in [1.29, 1.82) is 0 Å². The monoisotopic (exact) mass is 357 g/mol. The Morgan fingerprint density at radius 1 is 1.04 bits per heavy atom. The molecule has 0 spiro atoms. The van der Waals surface area contributed by atoms with E-state index in [1.165, 1.54) is 0 Å². The minimum atomic E-state index is 0.0397. The predicted molar refractivity (Wildman–Crippen MR) is 98.8 cm³/mol. The number of anilines is 2. The molecular formula is C19H23N3O4. The van der Waals surface area contributed by atoms with Gasteiger partial charge in [0.2, 0.25) is 5.75 Å². The van der Waals surface area contributed by atoms with Crippen LogP contribution < -0.4 is 19.5 Å². The number of aromatic nitrogens is 1. The van der Waals surface area contributed by atoms with E-state index in [2.05, 4.69) is 10.3 Å². The fraction of sp³-hybridized carbons (Fsp3) is 0.368. The van der Waals surface area contributed by atoms with E-state index in [0.717, 1.165) is 31.6 Å². The lowest BCUT2D eigenvalue weighted by molar-refractivity contribution is 0.0792. The van der Waals surface area contributed by atoms with Gasteiger partial charge in [-0.25, -0.2) is 4.98 Å². The standard InChI is InChI=1S/C19H23N3O4/c1-24-15-11-14(12-16(25-2)18(15)26-3)21-17-10-13(6-7-20-17)19(23)22-8-4-5-9-22/h6-7,10-12H,4-5,8-9H2,1-3H3,(H,20,21). The molecule has 1 aliphatic heterocycles. The molecule has 1 amide bonds. The van der Waals surface area contributed by atoms with Gasteiger partial charge in [0.1, 0.15) is 5.82 Å². The SMILES string of the molecule is COc1cc(Nc2cc(C(=O)N3CCCC3)ccn2)cc(OC)c1OC. The van der Waals surface area contributed by atoms with E-state index in [1.54, 1.807) is 51.8 Å². The number of methoxy groups -OCH3 is 3. The highest BCUT2D eigenvalue weighted by Crippen LogP contribution is 2.40. The van der Waals surface area contributed by atoms with E-state index in [9.17, 15) is 4.79 Å². The number of amides is 1. The number of carbonyl (C=O) groups excluding carboxylic acids is 1. The van der Waals surface area contributed by atoms with Gasteiger partial charge in [-0.15, -0.1) is 0 Å². The second-order valence-electron chi connectivity index (χ2n) is 5.97. The Morgan fingerprint density at radius 2 is 1.69 bits per heavy atom. The number of rotatable bonds is 6. The summed E-state index contributed by atoms with van der Waals surface area (Å²) in [6, 6.07) is 7.07. The number of hydrogen-bond donors (Lipinski definition) is 1. The number of carbonyl (C=O) groups is 1. The Morgan fingerprint density at radius 3 is 2.27 bits per heavy atom. The van der Waals surface area contributed by atoms with Crippen LogP contribution in [0.2, 0.25) is 0 Å². The van der Waals surface area contributed by atoms with Crippen LogP contribution in [0.1, 0.15) is 23.2 Å². The Kier molecular flexibility index (Phi) is 5.46. The summed E-state index contributed by atoms with van der Waals surface area (Å²) < 4.78 is 16.0. The first-order chi connectivity index (χ1) is 12.7. The summed E-state index contributed by atoms with van der Waals surface area (Å²) >= 11 is 0. The minimum Gasteiger partial charge on any atom is -0.493 e. The van der Waals surface area contributed by atoms with Crippen molar-refractivity contribution in [3.05, 3.63) is 36.0 Å². The van der Waals surface area contributed by atoms with Gasteiger partial charge in [0, 0.05) is 42.7 Å². The second-order valence-corrected chi connectivity index (χ2v) is 5.97. The second kappa shape index (κ2) is 7.95. The Bertz CT molecular complexity index is 763. The zero-order valence-corrected chi connectivity index (χ0v) is 15.2. The van der Waals surface area contributed by atoms with E-state index in [-0.39, 0.29) is 5.91 Å². The lowest BCUT2D eigenvalue weighted by atomic mass is 10.2. The first kappa shape index (κ1) is 17.8. The fourth-order valence-corrected chi connectivity index (χ4v) is 3.04. The van der Waals surface area contributed by atoms with Crippen LogP contribution in [0.15, 0.2) is 30.5 Å². The van der Waals surface area contributed by atoms with Gasteiger partial charge in [0.05, 0.1) is 21.3 Å². The molecule has 7 heteroatoms. The van der Waals surface area contributed by atoms with E-state index >= 15 is 0 Å². The molecule has 1 fully saturated rings. The molecule has 0 aliphatic carbocycles. The molecule has 1 aromatic heterocycles. The van der Waals surface area contributed by atoms with E-state index in [1.807, 2.05) is 4.90 Å². The summed E-state index contributed by atoms with van der Waals surface area (Å²) in [5.74, 6) is 2.21. The average Bonchev–Trinajstić information content (AvgIpc) is 3.21. The number of nitrogens with one attached hydrogen (secondary N) is 1. The fourth-order valence-electron chi connectivity index (χ4n) is 3.04. The molecule has 1 N–H and O–H groups in total. The zero-order chi connectivity index (χ0) is 18.5. The van der Waals surface area contributed by atoms with Gasteiger partial charge in [-0.2, -0.15) is 0 Å². The predicted octanol–water partition coefficient (Wildman–Crippen LogP) is 3.09. The molecule has 0 atom stereocenters. The zero-order valence-electron chi connectivity index (χ0n) is 15.2. The number of nitrogens with zero attached hydrogens (tertiary/aromatic N) is 2. The molecule has 26 heavy (non-hydrogen) atoms. The number of hydrogen-bond acceptors (Lipinski definition) is 6. The normalized spacial score (nSPS) is 13.4. The summed E-state index contributed by atoms with van der Waals surface area (Å²) in [6.07, 6.45) is 3.75. The summed E-state index contributed by atoms with van der Waals surface area (Å²) in [4.78, 5) is 18.7. The molecule has 0 bridgehead atoms. The van der Waals surface area contributed by atoms with Gasteiger partial charge in [-0.05, 0) is 25.0 Å². The van der Waals surface area contributed by atoms with Crippen molar-refractivity contribution < 1.29 is 19.0 Å². The van der Waals surface area contributed by atoms with Crippen LogP contribution in [0, 0.1) is 0 Å².